The monoisotopic (exact) mass is 429 g/mol. The van der Waals surface area contributed by atoms with E-state index in [4.69, 9.17) is 4.74 Å². The average molecular weight is 430 g/mol. The predicted octanol–water partition coefficient (Wildman–Crippen LogP) is 4.27. The molecule has 1 fully saturated rings. The first-order valence-corrected chi connectivity index (χ1v) is 10.8. The predicted molar refractivity (Wildman–Crippen MR) is 115 cm³/mol. The Balaban J connectivity index is 1.30. The molecule has 7 heteroatoms. The van der Waals surface area contributed by atoms with Gasteiger partial charge in [0.05, 0.1) is 18.6 Å². The maximum atomic E-state index is 13.0. The fraction of sp³-hybridized carbons (Fsp3) is 0.458. The van der Waals surface area contributed by atoms with Gasteiger partial charge in [0.2, 0.25) is 0 Å². The van der Waals surface area contributed by atoms with E-state index in [0.717, 1.165) is 31.6 Å². The van der Waals surface area contributed by atoms with Crippen LogP contribution in [0.3, 0.4) is 0 Å². The standard InChI is InChI=1S/C24H29F2N3O2/c1-16(28-23(30)27-2)18-5-3-17(4-6-18)13-29-10-9-19-11-22(8-7-20(19)14-29)31-15-21-12-24(21,25)26/h3-8,11,16,21H,9-10,12-15H2,1-2H3,(H2,27,28,30)/t16-,21?/m0/s1. The Labute approximate surface area is 181 Å². The van der Waals surface area contributed by atoms with E-state index in [1.165, 1.54) is 16.7 Å². The van der Waals surface area contributed by atoms with Crippen LogP contribution in [0.25, 0.3) is 0 Å². The molecule has 2 N–H and O–H groups in total. The number of ether oxygens (including phenoxy) is 1. The van der Waals surface area contributed by atoms with Gasteiger partial charge in [0.1, 0.15) is 5.75 Å². The molecule has 31 heavy (non-hydrogen) atoms. The number of halogens is 2. The summed E-state index contributed by atoms with van der Waals surface area (Å²) in [6.07, 6.45) is 0.856. The molecule has 1 saturated carbocycles. The number of hydrogen-bond acceptors (Lipinski definition) is 3. The zero-order chi connectivity index (χ0) is 22.0. The van der Waals surface area contributed by atoms with E-state index < -0.39 is 11.8 Å². The SMILES string of the molecule is CNC(=O)N[C@@H](C)c1ccc(CN2CCc3cc(OCC4CC4(F)F)ccc3C2)cc1. The van der Waals surface area contributed by atoms with Crippen molar-refractivity contribution in [1.82, 2.24) is 15.5 Å². The summed E-state index contributed by atoms with van der Waals surface area (Å²) in [5, 5.41) is 5.44. The molecule has 1 aliphatic heterocycles. The number of carbonyl (C=O) groups excluding carboxylic acids is 1. The van der Waals surface area contributed by atoms with E-state index in [9.17, 15) is 13.6 Å². The largest absolute Gasteiger partial charge is 0.493 e. The molecule has 1 aliphatic carbocycles. The topological polar surface area (TPSA) is 53.6 Å². The molecule has 2 atom stereocenters. The Hall–Kier alpha value is -2.67. The van der Waals surface area contributed by atoms with Gasteiger partial charge in [-0.25, -0.2) is 13.6 Å². The van der Waals surface area contributed by atoms with Gasteiger partial charge in [0, 0.05) is 33.1 Å². The van der Waals surface area contributed by atoms with Crippen molar-refractivity contribution in [3.63, 3.8) is 0 Å². The molecule has 0 aromatic heterocycles. The van der Waals surface area contributed by atoms with Crippen LogP contribution in [-0.2, 0) is 19.5 Å². The van der Waals surface area contributed by atoms with Gasteiger partial charge in [-0.3, -0.25) is 4.90 Å². The highest BCUT2D eigenvalue weighted by Gasteiger charge is 2.57. The molecular weight excluding hydrogens is 400 g/mol. The summed E-state index contributed by atoms with van der Waals surface area (Å²) in [5.74, 6) is -2.48. The third-order valence-electron chi connectivity index (χ3n) is 6.14. The lowest BCUT2D eigenvalue weighted by Gasteiger charge is -2.29. The fourth-order valence-electron chi connectivity index (χ4n) is 3.98. The molecule has 1 heterocycles. The van der Waals surface area contributed by atoms with Crippen LogP contribution < -0.4 is 15.4 Å². The molecule has 4 rings (SSSR count). The molecule has 2 aromatic rings. The molecule has 0 spiro atoms. The molecule has 2 amide bonds. The number of rotatable bonds is 7. The highest BCUT2D eigenvalue weighted by Crippen LogP contribution is 2.48. The zero-order valence-electron chi connectivity index (χ0n) is 18.0. The number of nitrogens with zero attached hydrogens (tertiary/aromatic N) is 1. The second-order valence-corrected chi connectivity index (χ2v) is 8.55. The fourth-order valence-corrected chi connectivity index (χ4v) is 3.98. The number of benzene rings is 2. The Morgan fingerprint density at radius 2 is 1.97 bits per heavy atom. The highest BCUT2D eigenvalue weighted by molar-refractivity contribution is 5.73. The molecule has 2 aromatic carbocycles. The van der Waals surface area contributed by atoms with Crippen LogP contribution in [0.5, 0.6) is 5.75 Å². The molecule has 0 radical (unpaired) electrons. The van der Waals surface area contributed by atoms with Gasteiger partial charge in [-0.15, -0.1) is 0 Å². The Morgan fingerprint density at radius 1 is 1.23 bits per heavy atom. The van der Waals surface area contributed by atoms with Crippen molar-refractivity contribution < 1.29 is 18.3 Å². The van der Waals surface area contributed by atoms with E-state index >= 15 is 0 Å². The molecule has 0 saturated heterocycles. The van der Waals surface area contributed by atoms with Gasteiger partial charge in [0.25, 0.3) is 5.92 Å². The van der Waals surface area contributed by atoms with Gasteiger partial charge in [-0.1, -0.05) is 30.3 Å². The number of fused-ring (bicyclic) bond motifs is 1. The number of nitrogens with one attached hydrogen (secondary N) is 2. The first kappa shape index (κ1) is 21.6. The Morgan fingerprint density at radius 3 is 2.65 bits per heavy atom. The van der Waals surface area contributed by atoms with Crippen molar-refractivity contribution >= 4 is 6.03 Å². The molecule has 0 bridgehead atoms. The molecule has 5 nitrogen and oxygen atoms in total. The van der Waals surface area contributed by atoms with Crippen molar-refractivity contribution in [2.24, 2.45) is 5.92 Å². The molecule has 166 valence electrons. The van der Waals surface area contributed by atoms with Gasteiger partial charge in [-0.2, -0.15) is 0 Å². The first-order valence-electron chi connectivity index (χ1n) is 10.8. The highest BCUT2D eigenvalue weighted by atomic mass is 19.3. The lowest BCUT2D eigenvalue weighted by molar-refractivity contribution is 0.0856. The molecule has 2 aliphatic rings. The summed E-state index contributed by atoms with van der Waals surface area (Å²) >= 11 is 0. The van der Waals surface area contributed by atoms with Crippen LogP contribution in [0.2, 0.25) is 0 Å². The Kier molecular flexibility index (Phi) is 6.14. The first-order chi connectivity index (χ1) is 14.8. The third kappa shape index (κ3) is 5.34. The summed E-state index contributed by atoms with van der Waals surface area (Å²) < 4.78 is 31.6. The van der Waals surface area contributed by atoms with Gasteiger partial charge < -0.3 is 15.4 Å². The van der Waals surface area contributed by atoms with E-state index in [1.54, 1.807) is 7.05 Å². The van der Waals surface area contributed by atoms with E-state index in [0.29, 0.717) is 5.75 Å². The Bertz CT molecular complexity index is 933. The normalized spacial score (nSPS) is 20.5. The summed E-state index contributed by atoms with van der Waals surface area (Å²) in [4.78, 5) is 13.9. The lowest BCUT2D eigenvalue weighted by Crippen LogP contribution is -2.34. The van der Waals surface area contributed by atoms with Crippen molar-refractivity contribution in [3.8, 4) is 5.75 Å². The molecule has 1 unspecified atom stereocenters. The van der Waals surface area contributed by atoms with E-state index in [1.807, 2.05) is 19.1 Å². The van der Waals surface area contributed by atoms with Crippen LogP contribution in [0.1, 0.15) is 41.6 Å². The average Bonchev–Trinajstić information content (AvgIpc) is 3.38. The van der Waals surface area contributed by atoms with Gasteiger partial charge >= 0.3 is 6.03 Å². The third-order valence-corrected chi connectivity index (χ3v) is 6.14. The van der Waals surface area contributed by atoms with Crippen LogP contribution in [0.15, 0.2) is 42.5 Å². The minimum absolute atomic E-state index is 0.0570. The summed E-state index contributed by atoms with van der Waals surface area (Å²) in [5.41, 5.74) is 4.79. The zero-order valence-corrected chi connectivity index (χ0v) is 18.0. The summed E-state index contributed by atoms with van der Waals surface area (Å²) in [6, 6.07) is 14.0. The second-order valence-electron chi connectivity index (χ2n) is 8.55. The van der Waals surface area contributed by atoms with Crippen LogP contribution in [0, 0.1) is 5.92 Å². The van der Waals surface area contributed by atoms with Crippen molar-refractivity contribution in [2.75, 3.05) is 20.2 Å². The number of alkyl halides is 2. The summed E-state index contributed by atoms with van der Waals surface area (Å²) in [6.45, 7) is 4.69. The second kappa shape index (κ2) is 8.83. The van der Waals surface area contributed by atoms with Crippen molar-refractivity contribution in [2.45, 2.75) is 44.8 Å². The quantitative estimate of drug-likeness (QED) is 0.691. The number of amides is 2. The van der Waals surface area contributed by atoms with Crippen LogP contribution in [-0.4, -0.2) is 37.1 Å². The maximum Gasteiger partial charge on any atom is 0.315 e. The maximum absolute atomic E-state index is 13.0. The number of hydrogen-bond donors (Lipinski definition) is 2. The number of urea groups is 1. The van der Waals surface area contributed by atoms with Crippen molar-refractivity contribution in [1.29, 1.82) is 0 Å². The van der Waals surface area contributed by atoms with E-state index in [2.05, 4.69) is 45.9 Å². The smallest absolute Gasteiger partial charge is 0.315 e. The molecular formula is C24H29F2N3O2. The minimum Gasteiger partial charge on any atom is -0.493 e. The summed E-state index contributed by atoms with van der Waals surface area (Å²) in [7, 11) is 1.60. The van der Waals surface area contributed by atoms with Crippen LogP contribution >= 0.6 is 0 Å². The van der Waals surface area contributed by atoms with Gasteiger partial charge in [-0.05, 0) is 47.7 Å². The number of carbonyl (C=O) groups is 1. The van der Waals surface area contributed by atoms with Crippen LogP contribution in [0.4, 0.5) is 13.6 Å². The minimum atomic E-state index is -2.54. The van der Waals surface area contributed by atoms with Gasteiger partial charge in [0.15, 0.2) is 0 Å². The van der Waals surface area contributed by atoms with Crippen molar-refractivity contribution in [3.05, 3.63) is 64.7 Å². The van der Waals surface area contributed by atoms with E-state index in [-0.39, 0.29) is 25.1 Å². The lowest BCUT2D eigenvalue weighted by atomic mass is 9.98.